The molecule has 22 heavy (non-hydrogen) atoms. The van der Waals surface area contributed by atoms with Crippen molar-refractivity contribution >= 4 is 22.7 Å². The van der Waals surface area contributed by atoms with Crippen molar-refractivity contribution < 1.29 is 19.4 Å². The first-order chi connectivity index (χ1) is 10.5. The highest BCUT2D eigenvalue weighted by Gasteiger charge is 2.18. The van der Waals surface area contributed by atoms with Crippen molar-refractivity contribution in [2.45, 2.75) is 32.8 Å². The van der Waals surface area contributed by atoms with E-state index in [-0.39, 0.29) is 30.8 Å². The fourth-order valence-corrected chi connectivity index (χ4v) is 2.57. The Morgan fingerprint density at radius 3 is 2.45 bits per heavy atom. The number of fused-ring (bicyclic) bond motifs is 1. The fourth-order valence-electron chi connectivity index (χ4n) is 2.57. The van der Waals surface area contributed by atoms with Crippen LogP contribution in [0.5, 0.6) is 0 Å². The van der Waals surface area contributed by atoms with Gasteiger partial charge in [-0.25, -0.2) is 0 Å². The minimum atomic E-state index is -0.901. The number of carbonyl (C=O) groups is 2. The Labute approximate surface area is 129 Å². The maximum absolute atomic E-state index is 11.9. The molecule has 0 fully saturated rings. The monoisotopic (exact) mass is 300 g/mol. The molecule has 2 rings (SSSR count). The van der Waals surface area contributed by atoms with E-state index in [2.05, 4.69) is 0 Å². The molecule has 0 bridgehead atoms. The highest BCUT2D eigenvalue weighted by Crippen LogP contribution is 2.27. The molecular formula is C18H20O4. The summed E-state index contributed by atoms with van der Waals surface area (Å²) in [6.07, 6.45) is -0.283. The summed E-state index contributed by atoms with van der Waals surface area (Å²) in [5.41, 5.74) is 0.956. The van der Waals surface area contributed by atoms with Gasteiger partial charge in [-0.15, -0.1) is 0 Å². The Morgan fingerprint density at radius 1 is 1.05 bits per heavy atom. The van der Waals surface area contributed by atoms with Crippen LogP contribution in [0.2, 0.25) is 0 Å². The average Bonchev–Trinajstić information content (AvgIpc) is 2.45. The molecule has 0 radical (unpaired) electrons. The third kappa shape index (κ3) is 4.07. The SMILES string of the molecule is C[C@@H](CC(=O)O)CC(=O)O[C@@H](C)c1cccc2ccccc12. The zero-order valence-electron chi connectivity index (χ0n) is 12.8. The Morgan fingerprint density at radius 2 is 1.73 bits per heavy atom. The van der Waals surface area contributed by atoms with Crippen LogP contribution in [-0.4, -0.2) is 17.0 Å². The molecule has 2 aromatic carbocycles. The second kappa shape index (κ2) is 7.07. The molecule has 0 saturated heterocycles. The van der Waals surface area contributed by atoms with Crippen molar-refractivity contribution in [3.05, 3.63) is 48.0 Å². The molecular weight excluding hydrogens is 280 g/mol. The van der Waals surface area contributed by atoms with Gasteiger partial charge in [-0.2, -0.15) is 0 Å². The van der Waals surface area contributed by atoms with Gasteiger partial charge < -0.3 is 9.84 Å². The van der Waals surface area contributed by atoms with Crippen LogP contribution in [0.3, 0.4) is 0 Å². The predicted molar refractivity (Wildman–Crippen MR) is 84.5 cm³/mol. The minimum absolute atomic E-state index is 0.0300. The number of benzene rings is 2. The highest BCUT2D eigenvalue weighted by molar-refractivity contribution is 5.86. The van der Waals surface area contributed by atoms with E-state index in [1.807, 2.05) is 49.4 Å². The third-order valence-electron chi connectivity index (χ3n) is 3.61. The Bertz CT molecular complexity index is 672. The van der Waals surface area contributed by atoms with Crippen molar-refractivity contribution in [3.8, 4) is 0 Å². The van der Waals surface area contributed by atoms with E-state index in [0.717, 1.165) is 16.3 Å². The highest BCUT2D eigenvalue weighted by atomic mass is 16.5. The molecule has 116 valence electrons. The summed E-state index contributed by atoms with van der Waals surface area (Å²) in [6, 6.07) is 13.8. The smallest absolute Gasteiger partial charge is 0.306 e. The summed E-state index contributed by atoms with van der Waals surface area (Å²) < 4.78 is 5.46. The average molecular weight is 300 g/mol. The molecule has 1 N–H and O–H groups in total. The van der Waals surface area contributed by atoms with Crippen LogP contribution in [0.1, 0.15) is 38.4 Å². The van der Waals surface area contributed by atoms with Gasteiger partial charge in [0.15, 0.2) is 0 Å². The molecule has 0 saturated carbocycles. The number of hydrogen-bond donors (Lipinski definition) is 1. The second-order valence-electron chi connectivity index (χ2n) is 5.61. The van der Waals surface area contributed by atoms with Crippen LogP contribution in [0.25, 0.3) is 10.8 Å². The molecule has 2 aromatic rings. The minimum Gasteiger partial charge on any atom is -0.481 e. The lowest BCUT2D eigenvalue weighted by atomic mass is 10.0. The largest absolute Gasteiger partial charge is 0.481 e. The van der Waals surface area contributed by atoms with Crippen LogP contribution in [0, 0.1) is 5.92 Å². The van der Waals surface area contributed by atoms with Gasteiger partial charge in [0.05, 0.1) is 0 Å². The Hall–Kier alpha value is -2.36. The van der Waals surface area contributed by atoms with E-state index in [0.29, 0.717) is 0 Å². The van der Waals surface area contributed by atoms with Crippen molar-refractivity contribution in [2.75, 3.05) is 0 Å². The van der Waals surface area contributed by atoms with Gasteiger partial charge in [-0.05, 0) is 29.2 Å². The first-order valence-corrected chi connectivity index (χ1v) is 7.36. The summed E-state index contributed by atoms with van der Waals surface area (Å²) in [7, 11) is 0. The molecule has 4 nitrogen and oxygen atoms in total. The quantitative estimate of drug-likeness (QED) is 0.821. The summed E-state index contributed by atoms with van der Waals surface area (Å²) >= 11 is 0. The number of ether oxygens (including phenoxy) is 1. The van der Waals surface area contributed by atoms with Crippen LogP contribution >= 0.6 is 0 Å². The van der Waals surface area contributed by atoms with Gasteiger partial charge in [0, 0.05) is 12.8 Å². The number of carbonyl (C=O) groups excluding carboxylic acids is 1. The topological polar surface area (TPSA) is 63.6 Å². The number of carboxylic acids is 1. The molecule has 0 unspecified atom stereocenters. The van der Waals surface area contributed by atoms with E-state index in [1.54, 1.807) is 6.92 Å². The second-order valence-corrected chi connectivity index (χ2v) is 5.61. The summed E-state index contributed by atoms with van der Waals surface area (Å²) in [6.45, 7) is 3.57. The van der Waals surface area contributed by atoms with Crippen LogP contribution in [-0.2, 0) is 14.3 Å². The van der Waals surface area contributed by atoms with Gasteiger partial charge >= 0.3 is 11.9 Å². The zero-order valence-corrected chi connectivity index (χ0v) is 12.8. The summed E-state index contributed by atoms with van der Waals surface area (Å²) in [4.78, 5) is 22.6. The van der Waals surface area contributed by atoms with Crippen molar-refractivity contribution in [3.63, 3.8) is 0 Å². The van der Waals surface area contributed by atoms with E-state index in [1.165, 1.54) is 0 Å². The van der Waals surface area contributed by atoms with E-state index in [9.17, 15) is 9.59 Å². The predicted octanol–water partition coefficient (Wildman–Crippen LogP) is 3.94. The van der Waals surface area contributed by atoms with Gasteiger partial charge in [0.2, 0.25) is 0 Å². The summed E-state index contributed by atoms with van der Waals surface area (Å²) in [5.74, 6) is -1.50. The summed E-state index contributed by atoms with van der Waals surface area (Å²) in [5, 5.41) is 10.9. The molecule has 0 aliphatic rings. The molecule has 2 atom stereocenters. The van der Waals surface area contributed by atoms with E-state index in [4.69, 9.17) is 9.84 Å². The van der Waals surface area contributed by atoms with Gasteiger partial charge in [-0.3, -0.25) is 9.59 Å². The molecule has 0 spiro atoms. The standard InChI is InChI=1S/C18H20O4/c1-12(10-17(19)20)11-18(21)22-13(2)15-9-5-7-14-6-3-4-8-16(14)15/h3-9,12-13H,10-11H2,1-2H3,(H,19,20)/t12-,13-/m0/s1. The maximum Gasteiger partial charge on any atom is 0.306 e. The fraction of sp³-hybridized carbons (Fsp3) is 0.333. The molecule has 0 aliphatic carbocycles. The number of aliphatic carboxylic acids is 1. The van der Waals surface area contributed by atoms with Crippen LogP contribution < -0.4 is 0 Å². The van der Waals surface area contributed by atoms with Crippen molar-refractivity contribution in [1.82, 2.24) is 0 Å². The first-order valence-electron chi connectivity index (χ1n) is 7.36. The van der Waals surface area contributed by atoms with Crippen molar-refractivity contribution in [2.24, 2.45) is 5.92 Å². The van der Waals surface area contributed by atoms with E-state index < -0.39 is 5.97 Å². The normalized spacial score (nSPS) is 13.5. The van der Waals surface area contributed by atoms with Crippen molar-refractivity contribution in [1.29, 1.82) is 0 Å². The van der Waals surface area contributed by atoms with Gasteiger partial charge in [0.25, 0.3) is 0 Å². The lowest BCUT2D eigenvalue weighted by Gasteiger charge is -2.17. The molecule has 0 aromatic heterocycles. The zero-order chi connectivity index (χ0) is 16.1. The van der Waals surface area contributed by atoms with Gasteiger partial charge in [-0.1, -0.05) is 49.4 Å². The lowest BCUT2D eigenvalue weighted by molar-refractivity contribution is -0.150. The number of rotatable bonds is 6. The Balaban J connectivity index is 2.06. The number of esters is 1. The first kappa shape index (κ1) is 16.0. The lowest BCUT2D eigenvalue weighted by Crippen LogP contribution is -2.14. The maximum atomic E-state index is 11.9. The van der Waals surface area contributed by atoms with Crippen LogP contribution in [0.15, 0.2) is 42.5 Å². The van der Waals surface area contributed by atoms with E-state index >= 15 is 0 Å². The van der Waals surface area contributed by atoms with Crippen LogP contribution in [0.4, 0.5) is 0 Å². The third-order valence-corrected chi connectivity index (χ3v) is 3.61. The molecule has 4 heteroatoms. The van der Waals surface area contributed by atoms with Gasteiger partial charge in [0.1, 0.15) is 6.10 Å². The number of hydrogen-bond acceptors (Lipinski definition) is 3. The Kier molecular flexibility index (Phi) is 5.15. The molecule has 0 heterocycles. The molecule has 0 aliphatic heterocycles. The number of carboxylic acid groups (broad SMARTS) is 1. The molecule has 0 amide bonds.